The first-order valence-corrected chi connectivity index (χ1v) is 12.4. The van der Waals surface area contributed by atoms with E-state index in [-0.39, 0.29) is 12.0 Å². The quantitative estimate of drug-likeness (QED) is 0.368. The molecule has 186 valence electrons. The second kappa shape index (κ2) is 10.7. The van der Waals surface area contributed by atoms with Crippen molar-refractivity contribution >= 4 is 28.4 Å². The summed E-state index contributed by atoms with van der Waals surface area (Å²) in [5.41, 5.74) is 3.71. The summed E-state index contributed by atoms with van der Waals surface area (Å²) in [6.45, 7) is 6.60. The van der Waals surface area contributed by atoms with Crippen LogP contribution in [0.25, 0.3) is 22.3 Å². The summed E-state index contributed by atoms with van der Waals surface area (Å²) in [7, 11) is 0. The minimum absolute atomic E-state index is 0.0112. The van der Waals surface area contributed by atoms with Gasteiger partial charge in [-0.3, -0.25) is 9.78 Å². The molecule has 0 spiro atoms. The zero-order valence-corrected chi connectivity index (χ0v) is 20.5. The molecule has 1 aromatic carbocycles. The number of hydrogen-bond donors (Lipinski definition) is 2. The lowest BCUT2D eigenvalue weighted by molar-refractivity contribution is 0.0299. The molecule has 0 unspecified atom stereocenters. The van der Waals surface area contributed by atoms with Crippen molar-refractivity contribution in [2.75, 3.05) is 31.6 Å². The Morgan fingerprint density at radius 3 is 2.67 bits per heavy atom. The van der Waals surface area contributed by atoms with Gasteiger partial charge in [0.1, 0.15) is 11.4 Å². The number of benzene rings is 1. The fourth-order valence-electron chi connectivity index (χ4n) is 4.23. The van der Waals surface area contributed by atoms with Crippen LogP contribution in [0.15, 0.2) is 54.9 Å². The Morgan fingerprint density at radius 1 is 1.06 bits per heavy atom. The van der Waals surface area contributed by atoms with Crippen LogP contribution in [-0.2, 0) is 4.74 Å². The van der Waals surface area contributed by atoms with E-state index in [4.69, 9.17) is 9.47 Å². The Bertz CT molecular complexity index is 1340. The number of aromatic amines is 1. The van der Waals surface area contributed by atoms with Gasteiger partial charge in [0, 0.05) is 48.1 Å². The number of pyridine rings is 1. The first-order chi connectivity index (χ1) is 17.6. The van der Waals surface area contributed by atoms with E-state index in [1.807, 2.05) is 47.4 Å². The molecule has 1 aliphatic heterocycles. The summed E-state index contributed by atoms with van der Waals surface area (Å²) < 4.78 is 11.4. The van der Waals surface area contributed by atoms with Crippen molar-refractivity contribution in [1.29, 1.82) is 0 Å². The first-order valence-electron chi connectivity index (χ1n) is 12.4. The van der Waals surface area contributed by atoms with Crippen molar-refractivity contribution in [3.8, 4) is 17.1 Å². The molecule has 0 aliphatic carbocycles. The maximum Gasteiger partial charge on any atom is 0.270 e. The molecule has 0 radical (unpaired) electrons. The van der Waals surface area contributed by atoms with Crippen molar-refractivity contribution in [2.45, 2.75) is 32.8 Å². The number of anilines is 2. The van der Waals surface area contributed by atoms with Crippen molar-refractivity contribution in [1.82, 2.24) is 24.8 Å². The van der Waals surface area contributed by atoms with E-state index in [1.165, 1.54) is 0 Å². The summed E-state index contributed by atoms with van der Waals surface area (Å²) in [5.74, 6) is 1.23. The summed E-state index contributed by atoms with van der Waals surface area (Å²) in [6.07, 6.45) is 5.51. The number of ether oxygens (including phenoxy) is 2. The molecule has 36 heavy (non-hydrogen) atoms. The number of fused-ring (bicyclic) bond motifs is 1. The Kier molecular flexibility index (Phi) is 7.08. The van der Waals surface area contributed by atoms with Gasteiger partial charge in [-0.1, -0.05) is 13.8 Å². The molecule has 1 saturated heterocycles. The number of nitrogens with zero attached hydrogens (tertiary/aromatic N) is 4. The molecule has 1 fully saturated rings. The van der Waals surface area contributed by atoms with E-state index < -0.39 is 0 Å². The van der Waals surface area contributed by atoms with E-state index in [9.17, 15) is 4.79 Å². The van der Waals surface area contributed by atoms with Gasteiger partial charge in [0.2, 0.25) is 5.95 Å². The predicted molar refractivity (Wildman–Crippen MR) is 139 cm³/mol. The Morgan fingerprint density at radius 2 is 1.86 bits per heavy atom. The highest BCUT2D eigenvalue weighted by Gasteiger charge is 2.20. The smallest absolute Gasteiger partial charge is 0.270 e. The van der Waals surface area contributed by atoms with Crippen molar-refractivity contribution < 1.29 is 14.3 Å². The zero-order chi connectivity index (χ0) is 24.9. The van der Waals surface area contributed by atoms with Gasteiger partial charge in [-0.2, -0.15) is 0 Å². The lowest BCUT2D eigenvalue weighted by Crippen LogP contribution is -2.40. The highest BCUT2D eigenvalue weighted by Crippen LogP contribution is 2.25. The molecule has 9 nitrogen and oxygen atoms in total. The van der Waals surface area contributed by atoms with Gasteiger partial charge < -0.3 is 24.7 Å². The number of rotatable bonds is 8. The second-order valence-electron chi connectivity index (χ2n) is 8.71. The fourth-order valence-corrected chi connectivity index (χ4v) is 4.23. The van der Waals surface area contributed by atoms with Crippen LogP contribution in [0.4, 0.5) is 11.6 Å². The van der Waals surface area contributed by atoms with Crippen LogP contribution in [0.3, 0.4) is 0 Å². The molecular weight excluding hydrogens is 456 g/mol. The van der Waals surface area contributed by atoms with Crippen LogP contribution in [0, 0.1) is 0 Å². The van der Waals surface area contributed by atoms with Crippen LogP contribution in [0.1, 0.15) is 37.2 Å². The number of H-pyrrole nitrogens is 1. The molecule has 4 aromatic rings. The largest absolute Gasteiger partial charge is 0.490 e. The predicted octanol–water partition coefficient (Wildman–Crippen LogP) is 4.80. The Hall–Kier alpha value is -3.98. The lowest BCUT2D eigenvalue weighted by atomic mass is 10.2. The fraction of sp³-hybridized carbons (Fsp3) is 0.333. The van der Waals surface area contributed by atoms with Gasteiger partial charge in [-0.05, 0) is 49.2 Å². The summed E-state index contributed by atoms with van der Waals surface area (Å²) in [5, 5.41) is 4.20. The van der Waals surface area contributed by atoms with E-state index in [1.54, 1.807) is 12.4 Å². The standard InChI is InChI=1S/C27H30N6O3/c1-3-20(4-2)36-21-7-9-28-24(17-21)23-8-10-29-27(32-23)30-19-5-6-22-18(15-19)16-25(31-22)26(34)33-11-13-35-14-12-33/h5-10,15-17,20,31H,3-4,11-14H2,1-2H3,(H,29,30,32). The number of aromatic nitrogens is 4. The van der Waals surface area contributed by atoms with Crippen LogP contribution in [0.5, 0.6) is 5.75 Å². The Balaban J connectivity index is 1.33. The third-order valence-corrected chi connectivity index (χ3v) is 6.27. The number of carbonyl (C=O) groups is 1. The zero-order valence-electron chi connectivity index (χ0n) is 20.5. The summed E-state index contributed by atoms with van der Waals surface area (Å²) in [4.78, 5) is 31.4. The van der Waals surface area contributed by atoms with E-state index in [2.05, 4.69) is 39.1 Å². The van der Waals surface area contributed by atoms with Crippen LogP contribution < -0.4 is 10.1 Å². The molecule has 4 heterocycles. The maximum atomic E-state index is 12.8. The Labute approximate surface area is 209 Å². The highest BCUT2D eigenvalue weighted by molar-refractivity contribution is 5.98. The summed E-state index contributed by atoms with van der Waals surface area (Å²) in [6, 6.07) is 13.3. The minimum atomic E-state index is -0.0112. The van der Waals surface area contributed by atoms with Crippen molar-refractivity contribution in [3.63, 3.8) is 0 Å². The van der Waals surface area contributed by atoms with Gasteiger partial charge >= 0.3 is 0 Å². The molecule has 9 heteroatoms. The molecule has 1 amide bonds. The molecule has 0 saturated carbocycles. The topological polar surface area (TPSA) is 105 Å². The number of hydrogen-bond acceptors (Lipinski definition) is 7. The normalized spacial score (nSPS) is 13.8. The number of carbonyl (C=O) groups excluding carboxylic acids is 1. The van der Waals surface area contributed by atoms with Gasteiger partial charge in [-0.25, -0.2) is 9.97 Å². The van der Waals surface area contributed by atoms with Crippen molar-refractivity contribution in [2.24, 2.45) is 0 Å². The number of amides is 1. The van der Waals surface area contributed by atoms with E-state index in [0.29, 0.717) is 43.6 Å². The molecule has 2 N–H and O–H groups in total. The minimum Gasteiger partial charge on any atom is -0.490 e. The third kappa shape index (κ3) is 5.31. The summed E-state index contributed by atoms with van der Waals surface area (Å²) >= 11 is 0. The van der Waals surface area contributed by atoms with Crippen LogP contribution >= 0.6 is 0 Å². The van der Waals surface area contributed by atoms with E-state index in [0.717, 1.165) is 40.9 Å². The molecule has 1 aliphatic rings. The van der Waals surface area contributed by atoms with Crippen molar-refractivity contribution in [3.05, 3.63) is 60.6 Å². The van der Waals surface area contributed by atoms with Gasteiger partial charge in [0.05, 0.1) is 30.7 Å². The molecular formula is C27H30N6O3. The number of morpholine rings is 1. The highest BCUT2D eigenvalue weighted by atomic mass is 16.5. The van der Waals surface area contributed by atoms with Gasteiger partial charge in [0.15, 0.2) is 0 Å². The van der Waals surface area contributed by atoms with E-state index >= 15 is 0 Å². The first kappa shape index (κ1) is 23.7. The third-order valence-electron chi connectivity index (χ3n) is 6.27. The lowest BCUT2D eigenvalue weighted by Gasteiger charge is -2.26. The van der Waals surface area contributed by atoms with Gasteiger partial charge in [-0.15, -0.1) is 0 Å². The monoisotopic (exact) mass is 486 g/mol. The molecule has 3 aromatic heterocycles. The number of nitrogens with one attached hydrogen (secondary N) is 2. The maximum absolute atomic E-state index is 12.8. The van der Waals surface area contributed by atoms with Crippen LogP contribution in [0.2, 0.25) is 0 Å². The molecule has 5 rings (SSSR count). The average Bonchev–Trinajstić information content (AvgIpc) is 3.35. The molecule has 0 bridgehead atoms. The SMILES string of the molecule is CCC(CC)Oc1ccnc(-c2ccnc(Nc3ccc4[nH]c(C(=O)N5CCOCC5)cc4c3)n2)c1. The molecule has 0 atom stereocenters. The van der Waals surface area contributed by atoms with Crippen LogP contribution in [-0.4, -0.2) is 63.2 Å². The average molecular weight is 487 g/mol. The van der Waals surface area contributed by atoms with Gasteiger partial charge in [0.25, 0.3) is 5.91 Å². The second-order valence-corrected chi connectivity index (χ2v) is 8.71.